The highest BCUT2D eigenvalue weighted by molar-refractivity contribution is 9.10. The van der Waals surface area contributed by atoms with Crippen LogP contribution in [0.25, 0.3) is 5.69 Å². The fourth-order valence-electron chi connectivity index (χ4n) is 0.973. The van der Waals surface area contributed by atoms with Gasteiger partial charge in [0.25, 0.3) is 0 Å². The van der Waals surface area contributed by atoms with E-state index in [1.165, 1.54) is 0 Å². The first-order valence-corrected chi connectivity index (χ1v) is 4.76. The Morgan fingerprint density at radius 3 is 2.85 bits per heavy atom. The van der Waals surface area contributed by atoms with Crippen LogP contribution in [0.4, 0.5) is 0 Å². The van der Waals surface area contributed by atoms with Crippen LogP contribution in [0.15, 0.2) is 35.1 Å². The fraction of sp³-hybridized carbons (Fsp3) is 0. The molecule has 13 heavy (non-hydrogen) atoms. The maximum absolute atomic E-state index is 5.85. The second-order valence-electron chi connectivity index (χ2n) is 2.45. The molecule has 0 bridgehead atoms. The maximum atomic E-state index is 5.85. The Morgan fingerprint density at radius 2 is 2.23 bits per heavy atom. The van der Waals surface area contributed by atoms with E-state index in [-0.39, 0.29) is 0 Å². The van der Waals surface area contributed by atoms with Crippen molar-refractivity contribution in [1.29, 1.82) is 0 Å². The van der Waals surface area contributed by atoms with Gasteiger partial charge in [0.2, 0.25) is 0 Å². The van der Waals surface area contributed by atoms with Gasteiger partial charge in [-0.15, -0.1) is 5.10 Å². The standard InChI is InChI=1S/C8H5BrClN3/c9-7-5-6(1-2-8(7)10)13-4-3-11-12-13/h1-5H. The minimum atomic E-state index is 0.684. The van der Waals surface area contributed by atoms with Crippen molar-refractivity contribution in [3.8, 4) is 5.69 Å². The molecule has 1 heterocycles. The van der Waals surface area contributed by atoms with Crippen LogP contribution in [0.3, 0.4) is 0 Å². The Kier molecular flexibility index (Phi) is 2.33. The molecule has 0 radical (unpaired) electrons. The topological polar surface area (TPSA) is 30.7 Å². The third-order valence-electron chi connectivity index (χ3n) is 1.59. The molecule has 5 heteroatoms. The van der Waals surface area contributed by atoms with Gasteiger partial charge in [0.15, 0.2) is 0 Å². The minimum absolute atomic E-state index is 0.684. The van der Waals surface area contributed by atoms with Crippen LogP contribution in [-0.2, 0) is 0 Å². The van der Waals surface area contributed by atoms with E-state index in [1.54, 1.807) is 17.1 Å². The van der Waals surface area contributed by atoms with Crippen LogP contribution in [0.5, 0.6) is 0 Å². The van der Waals surface area contributed by atoms with Crippen molar-refractivity contribution in [1.82, 2.24) is 15.0 Å². The number of hydrogen-bond donors (Lipinski definition) is 0. The Balaban J connectivity index is 2.49. The maximum Gasteiger partial charge on any atom is 0.0697 e. The average molecular weight is 259 g/mol. The van der Waals surface area contributed by atoms with Crippen molar-refractivity contribution in [2.45, 2.75) is 0 Å². The molecule has 0 N–H and O–H groups in total. The number of aromatic nitrogens is 3. The van der Waals surface area contributed by atoms with E-state index in [0.29, 0.717) is 5.02 Å². The monoisotopic (exact) mass is 257 g/mol. The first-order chi connectivity index (χ1) is 6.27. The van der Waals surface area contributed by atoms with Crippen molar-refractivity contribution in [2.24, 2.45) is 0 Å². The van der Waals surface area contributed by atoms with E-state index in [0.717, 1.165) is 10.2 Å². The molecule has 0 atom stereocenters. The largest absolute Gasteiger partial charge is 0.221 e. The molecule has 1 aromatic heterocycles. The van der Waals surface area contributed by atoms with Crippen molar-refractivity contribution < 1.29 is 0 Å². The molecule has 0 amide bonds. The third kappa shape index (κ3) is 1.73. The zero-order valence-electron chi connectivity index (χ0n) is 6.48. The second kappa shape index (κ2) is 3.47. The summed E-state index contributed by atoms with van der Waals surface area (Å²) >= 11 is 9.19. The molecule has 66 valence electrons. The van der Waals surface area contributed by atoms with Crippen LogP contribution >= 0.6 is 27.5 Å². The molecule has 0 aliphatic rings. The van der Waals surface area contributed by atoms with Crippen LogP contribution in [0.2, 0.25) is 5.02 Å². The highest BCUT2D eigenvalue weighted by Gasteiger charge is 2.00. The van der Waals surface area contributed by atoms with Gasteiger partial charge in [-0.2, -0.15) is 0 Å². The van der Waals surface area contributed by atoms with Gasteiger partial charge in [0.05, 0.1) is 23.1 Å². The van der Waals surface area contributed by atoms with Crippen LogP contribution in [-0.4, -0.2) is 15.0 Å². The lowest BCUT2D eigenvalue weighted by molar-refractivity contribution is 0.803. The van der Waals surface area contributed by atoms with E-state index in [1.807, 2.05) is 18.2 Å². The number of halogens is 2. The van der Waals surface area contributed by atoms with Gasteiger partial charge >= 0.3 is 0 Å². The Morgan fingerprint density at radius 1 is 1.38 bits per heavy atom. The molecule has 0 fully saturated rings. The molecule has 0 aliphatic carbocycles. The lowest BCUT2D eigenvalue weighted by Gasteiger charge is -2.01. The van der Waals surface area contributed by atoms with Crippen LogP contribution in [0, 0.1) is 0 Å². The van der Waals surface area contributed by atoms with E-state index < -0.39 is 0 Å². The predicted molar refractivity (Wildman–Crippen MR) is 54.1 cm³/mol. The number of hydrogen-bond acceptors (Lipinski definition) is 2. The van der Waals surface area contributed by atoms with E-state index in [4.69, 9.17) is 11.6 Å². The predicted octanol–water partition coefficient (Wildman–Crippen LogP) is 2.68. The number of nitrogens with zero attached hydrogens (tertiary/aromatic N) is 3. The van der Waals surface area contributed by atoms with Gasteiger partial charge < -0.3 is 0 Å². The smallest absolute Gasteiger partial charge is 0.0697 e. The molecular weight excluding hydrogens is 253 g/mol. The molecular formula is C8H5BrClN3. The minimum Gasteiger partial charge on any atom is -0.221 e. The average Bonchev–Trinajstić information content (AvgIpc) is 2.62. The number of rotatable bonds is 1. The summed E-state index contributed by atoms with van der Waals surface area (Å²) in [5.41, 5.74) is 0.925. The molecule has 0 saturated heterocycles. The quantitative estimate of drug-likeness (QED) is 0.787. The van der Waals surface area contributed by atoms with E-state index in [2.05, 4.69) is 26.2 Å². The van der Waals surface area contributed by atoms with Gasteiger partial charge in [0, 0.05) is 4.47 Å². The summed E-state index contributed by atoms with van der Waals surface area (Å²) in [6, 6.07) is 5.57. The lowest BCUT2D eigenvalue weighted by Crippen LogP contribution is -1.94. The van der Waals surface area contributed by atoms with Crippen molar-refractivity contribution in [3.63, 3.8) is 0 Å². The van der Waals surface area contributed by atoms with Crippen molar-refractivity contribution >= 4 is 27.5 Å². The normalized spacial score (nSPS) is 10.3. The summed E-state index contributed by atoms with van der Waals surface area (Å²) in [7, 11) is 0. The Bertz CT molecular complexity index is 413. The molecule has 2 rings (SSSR count). The summed E-state index contributed by atoms with van der Waals surface area (Å²) in [6.07, 6.45) is 3.40. The van der Waals surface area contributed by atoms with Crippen molar-refractivity contribution in [3.05, 3.63) is 40.1 Å². The van der Waals surface area contributed by atoms with Gasteiger partial charge in [-0.3, -0.25) is 0 Å². The summed E-state index contributed by atoms with van der Waals surface area (Å²) < 4.78 is 2.52. The first-order valence-electron chi connectivity index (χ1n) is 3.59. The molecule has 2 aromatic rings. The second-order valence-corrected chi connectivity index (χ2v) is 3.71. The lowest BCUT2D eigenvalue weighted by atomic mass is 10.3. The fourth-order valence-corrected chi connectivity index (χ4v) is 1.46. The van der Waals surface area contributed by atoms with Gasteiger partial charge in [-0.05, 0) is 34.1 Å². The Hall–Kier alpha value is -0.870. The highest BCUT2D eigenvalue weighted by atomic mass is 79.9. The van der Waals surface area contributed by atoms with E-state index >= 15 is 0 Å². The molecule has 3 nitrogen and oxygen atoms in total. The van der Waals surface area contributed by atoms with E-state index in [9.17, 15) is 0 Å². The highest BCUT2D eigenvalue weighted by Crippen LogP contribution is 2.24. The van der Waals surface area contributed by atoms with Gasteiger partial charge in [-0.1, -0.05) is 16.8 Å². The summed E-state index contributed by atoms with van der Waals surface area (Å²) in [6.45, 7) is 0. The van der Waals surface area contributed by atoms with Crippen LogP contribution in [0.1, 0.15) is 0 Å². The van der Waals surface area contributed by atoms with Gasteiger partial charge in [0.1, 0.15) is 0 Å². The zero-order valence-corrected chi connectivity index (χ0v) is 8.83. The molecule has 0 spiro atoms. The van der Waals surface area contributed by atoms with Crippen molar-refractivity contribution in [2.75, 3.05) is 0 Å². The Labute approximate surface area is 88.5 Å². The molecule has 0 saturated carbocycles. The number of benzene rings is 1. The van der Waals surface area contributed by atoms with Crippen LogP contribution < -0.4 is 0 Å². The summed E-state index contributed by atoms with van der Waals surface area (Å²) in [5.74, 6) is 0. The SMILES string of the molecule is Clc1ccc(-n2ccnn2)cc1Br. The molecule has 1 aromatic carbocycles. The molecule has 0 aliphatic heterocycles. The zero-order chi connectivity index (χ0) is 9.26. The third-order valence-corrected chi connectivity index (χ3v) is 2.80. The summed E-state index contributed by atoms with van der Waals surface area (Å²) in [4.78, 5) is 0. The summed E-state index contributed by atoms with van der Waals surface area (Å²) in [5, 5.41) is 8.26. The van der Waals surface area contributed by atoms with Gasteiger partial charge in [-0.25, -0.2) is 4.68 Å². The first kappa shape index (κ1) is 8.72. The molecule has 0 unspecified atom stereocenters.